The van der Waals surface area contributed by atoms with E-state index < -0.39 is 17.7 Å². The molecule has 2 fully saturated rings. The molecule has 0 unspecified atom stereocenters. The van der Waals surface area contributed by atoms with Crippen molar-refractivity contribution in [2.75, 3.05) is 13.1 Å². The van der Waals surface area contributed by atoms with Crippen molar-refractivity contribution in [2.45, 2.75) is 90.3 Å². The monoisotopic (exact) mass is 470 g/mol. The number of nitrogens with zero attached hydrogens (tertiary/aromatic N) is 1. The summed E-state index contributed by atoms with van der Waals surface area (Å²) in [7, 11) is 0. The first-order valence-electron chi connectivity index (χ1n) is 12.0. The van der Waals surface area contributed by atoms with Crippen LogP contribution in [0.25, 0.3) is 0 Å². The second-order valence-corrected chi connectivity index (χ2v) is 11.2. The molecule has 7 heteroatoms. The molecule has 0 heterocycles. The molecule has 33 heavy (non-hydrogen) atoms. The van der Waals surface area contributed by atoms with Gasteiger partial charge in [0.15, 0.2) is 0 Å². The number of rotatable bonds is 7. The zero-order valence-corrected chi connectivity index (χ0v) is 20.6. The van der Waals surface area contributed by atoms with E-state index in [1.54, 1.807) is 12.1 Å². The van der Waals surface area contributed by atoms with Gasteiger partial charge in [0.1, 0.15) is 0 Å². The normalized spacial score (nSPS) is 24.6. The number of halogens is 3. The van der Waals surface area contributed by atoms with Crippen LogP contribution < -0.4 is 11.3 Å². The molecule has 2 aliphatic carbocycles. The Labute approximate surface area is 196 Å². The first-order chi connectivity index (χ1) is 14.9. The maximum absolute atomic E-state index is 13.1. The molecular formula is C26H41F3N2O2. The molecule has 3 rings (SSSR count). The number of alkyl halides is 3. The molecule has 4 nitrogen and oxygen atoms in total. The largest absolute Gasteiger partial charge is 0.550 e. The average Bonchev–Trinajstić information content (AvgIpc) is 3.18. The van der Waals surface area contributed by atoms with E-state index in [0.29, 0.717) is 12.3 Å². The van der Waals surface area contributed by atoms with Crippen molar-refractivity contribution in [3.8, 4) is 0 Å². The zero-order valence-electron chi connectivity index (χ0n) is 20.6. The number of carboxylic acids is 1. The Hall–Kier alpha value is -1.60. The van der Waals surface area contributed by atoms with Gasteiger partial charge in [-0.3, -0.25) is 4.90 Å². The highest BCUT2D eigenvalue weighted by atomic mass is 19.4. The van der Waals surface area contributed by atoms with Crippen LogP contribution in [-0.4, -0.2) is 30.0 Å². The molecular weight excluding hydrogens is 429 g/mol. The van der Waals surface area contributed by atoms with Gasteiger partial charge in [-0.05, 0) is 79.4 Å². The van der Waals surface area contributed by atoms with Crippen LogP contribution >= 0.6 is 0 Å². The van der Waals surface area contributed by atoms with E-state index in [-0.39, 0.29) is 35.9 Å². The van der Waals surface area contributed by atoms with E-state index >= 15 is 0 Å². The first-order valence-corrected chi connectivity index (χ1v) is 12.0. The first kappa shape index (κ1) is 27.6. The van der Waals surface area contributed by atoms with E-state index in [9.17, 15) is 23.1 Å². The predicted molar refractivity (Wildman–Crippen MR) is 124 cm³/mol. The SMILES string of the molecule is CC(C)(C)CN(CC1CCCC1)[C@@H]1CC[C@@H](CC(=O)[O-])C[C@H]1c1ccc(C(F)(F)F)cc1.[NH4+]. The summed E-state index contributed by atoms with van der Waals surface area (Å²) >= 11 is 0. The molecule has 0 spiro atoms. The quantitative estimate of drug-likeness (QED) is 0.530. The molecule has 0 aromatic heterocycles. The summed E-state index contributed by atoms with van der Waals surface area (Å²) in [5.41, 5.74) is 0.347. The van der Waals surface area contributed by atoms with Crippen LogP contribution in [0.4, 0.5) is 13.2 Å². The van der Waals surface area contributed by atoms with Gasteiger partial charge in [0.2, 0.25) is 0 Å². The number of carbonyl (C=O) groups excluding carboxylic acids is 1. The third-order valence-electron chi connectivity index (χ3n) is 7.16. The Balaban J connectivity index is 0.00000385. The summed E-state index contributed by atoms with van der Waals surface area (Å²) in [6.45, 7) is 8.62. The lowest BCUT2D eigenvalue weighted by Crippen LogP contribution is -2.48. The fraction of sp³-hybridized carbons (Fsp3) is 0.731. The van der Waals surface area contributed by atoms with Crippen molar-refractivity contribution in [2.24, 2.45) is 17.3 Å². The number of hydrogen-bond donors (Lipinski definition) is 1. The topological polar surface area (TPSA) is 79.9 Å². The van der Waals surface area contributed by atoms with Crippen molar-refractivity contribution >= 4 is 5.97 Å². The van der Waals surface area contributed by atoms with Gasteiger partial charge in [0.25, 0.3) is 0 Å². The van der Waals surface area contributed by atoms with E-state index in [1.165, 1.54) is 37.8 Å². The van der Waals surface area contributed by atoms with Gasteiger partial charge in [0, 0.05) is 25.1 Å². The van der Waals surface area contributed by atoms with E-state index in [1.807, 2.05) is 0 Å². The number of carbonyl (C=O) groups is 1. The lowest BCUT2D eigenvalue weighted by molar-refractivity contribution is -0.307. The minimum atomic E-state index is -4.36. The van der Waals surface area contributed by atoms with E-state index in [2.05, 4.69) is 25.7 Å². The average molecular weight is 471 g/mol. The third kappa shape index (κ3) is 7.99. The third-order valence-corrected chi connectivity index (χ3v) is 7.16. The van der Waals surface area contributed by atoms with Crippen LogP contribution in [0.5, 0.6) is 0 Å². The van der Waals surface area contributed by atoms with Crippen molar-refractivity contribution in [1.82, 2.24) is 11.1 Å². The summed E-state index contributed by atoms with van der Waals surface area (Å²) < 4.78 is 39.3. The lowest BCUT2D eigenvalue weighted by Gasteiger charge is -2.46. The van der Waals surface area contributed by atoms with Crippen molar-refractivity contribution in [1.29, 1.82) is 0 Å². The maximum atomic E-state index is 13.1. The molecule has 0 bridgehead atoms. The highest BCUT2D eigenvalue weighted by molar-refractivity contribution is 5.64. The summed E-state index contributed by atoms with van der Waals surface area (Å²) in [4.78, 5) is 13.8. The van der Waals surface area contributed by atoms with Gasteiger partial charge in [-0.25, -0.2) is 0 Å². The fourth-order valence-electron chi connectivity index (χ4n) is 5.83. The van der Waals surface area contributed by atoms with Gasteiger partial charge in [0.05, 0.1) is 5.56 Å². The van der Waals surface area contributed by atoms with E-state index in [0.717, 1.165) is 31.5 Å². The second-order valence-electron chi connectivity index (χ2n) is 11.2. The molecule has 0 aliphatic heterocycles. The Morgan fingerprint density at radius 2 is 1.61 bits per heavy atom. The molecule has 2 aliphatic rings. The number of aliphatic carboxylic acids is 1. The molecule has 1 aromatic carbocycles. The Bertz CT molecular complexity index is 752. The van der Waals surface area contributed by atoms with Crippen LogP contribution in [0.15, 0.2) is 24.3 Å². The van der Waals surface area contributed by atoms with Crippen molar-refractivity contribution < 1.29 is 23.1 Å². The Morgan fingerprint density at radius 3 is 2.12 bits per heavy atom. The van der Waals surface area contributed by atoms with E-state index in [4.69, 9.17) is 0 Å². The number of carboxylic acid groups (broad SMARTS) is 1. The lowest BCUT2D eigenvalue weighted by atomic mass is 9.72. The maximum Gasteiger partial charge on any atom is 0.416 e. The molecule has 3 atom stereocenters. The van der Waals surface area contributed by atoms with Crippen molar-refractivity contribution in [3.63, 3.8) is 0 Å². The molecule has 2 saturated carbocycles. The number of hydrogen-bond acceptors (Lipinski definition) is 3. The van der Waals surface area contributed by atoms with Gasteiger partial charge in [-0.1, -0.05) is 45.7 Å². The number of quaternary nitrogens is 1. The molecule has 0 amide bonds. The summed E-state index contributed by atoms with van der Waals surface area (Å²) in [6, 6.07) is 5.75. The van der Waals surface area contributed by atoms with Crippen LogP contribution in [0.2, 0.25) is 0 Å². The molecule has 188 valence electrons. The van der Waals surface area contributed by atoms with Gasteiger partial charge in [-0.15, -0.1) is 0 Å². The fourth-order valence-corrected chi connectivity index (χ4v) is 5.83. The zero-order chi connectivity index (χ0) is 23.5. The minimum absolute atomic E-state index is 0. The molecule has 0 radical (unpaired) electrons. The summed E-state index contributed by atoms with van der Waals surface area (Å²) in [5.74, 6) is -0.339. The van der Waals surface area contributed by atoms with Gasteiger partial charge in [-0.2, -0.15) is 13.2 Å². The van der Waals surface area contributed by atoms with Crippen LogP contribution in [-0.2, 0) is 11.0 Å². The standard InChI is InChI=1S/C26H38F3NO2.H3N/c1-25(2,3)17-30(16-18-6-4-5-7-18)23-13-8-19(15-24(31)32)14-22(23)20-9-11-21(12-10-20)26(27,28)29;/h9-12,18-19,22-23H,4-8,13-17H2,1-3H3,(H,31,32);1H3/t19-,22+,23-;/m1./s1. The molecule has 0 saturated heterocycles. The van der Waals surface area contributed by atoms with Crippen LogP contribution in [0.3, 0.4) is 0 Å². The molecule has 4 N–H and O–H groups in total. The van der Waals surface area contributed by atoms with Crippen LogP contribution in [0, 0.1) is 17.3 Å². The highest BCUT2D eigenvalue weighted by Gasteiger charge is 2.38. The van der Waals surface area contributed by atoms with Crippen molar-refractivity contribution in [3.05, 3.63) is 35.4 Å². The van der Waals surface area contributed by atoms with Crippen LogP contribution in [0.1, 0.15) is 89.2 Å². The Kier molecular flexibility index (Phi) is 9.40. The predicted octanol–water partition coefficient (Wildman–Crippen LogP) is 6.01. The Morgan fingerprint density at radius 1 is 1.00 bits per heavy atom. The molecule has 1 aromatic rings. The number of benzene rings is 1. The minimum Gasteiger partial charge on any atom is -0.550 e. The smallest absolute Gasteiger partial charge is 0.416 e. The second kappa shape index (κ2) is 11.2. The van der Waals surface area contributed by atoms with Gasteiger partial charge >= 0.3 is 6.18 Å². The summed E-state index contributed by atoms with van der Waals surface area (Å²) in [5, 5.41) is 11.3. The highest BCUT2D eigenvalue weighted by Crippen LogP contribution is 2.43. The van der Waals surface area contributed by atoms with Gasteiger partial charge < -0.3 is 16.1 Å². The summed E-state index contributed by atoms with van der Waals surface area (Å²) in [6.07, 6.45) is 3.05.